The van der Waals surface area contributed by atoms with E-state index in [4.69, 9.17) is 4.74 Å². The van der Waals surface area contributed by atoms with E-state index in [0.717, 1.165) is 23.4 Å². The van der Waals surface area contributed by atoms with E-state index in [9.17, 15) is 18.4 Å². The lowest BCUT2D eigenvalue weighted by molar-refractivity contribution is 0.102. The van der Waals surface area contributed by atoms with Gasteiger partial charge in [0.15, 0.2) is 11.5 Å². The number of hydrogen-bond acceptors (Lipinski definition) is 7. The van der Waals surface area contributed by atoms with E-state index in [1.54, 1.807) is 12.1 Å². The van der Waals surface area contributed by atoms with Crippen LogP contribution in [0.4, 0.5) is 25.1 Å². The Labute approximate surface area is 233 Å². The predicted octanol–water partition coefficient (Wildman–Crippen LogP) is 5.78. The van der Waals surface area contributed by atoms with Crippen molar-refractivity contribution in [1.82, 2.24) is 25.0 Å². The number of hydrogen-bond donors (Lipinski definition) is 2. The number of ether oxygens (including phenoxy) is 1. The fraction of sp³-hybridized carbons (Fsp3) is 0.103. The van der Waals surface area contributed by atoms with E-state index >= 15 is 0 Å². The Bertz CT molecular complexity index is 1690. The Balaban J connectivity index is 1.24. The first-order valence-corrected chi connectivity index (χ1v) is 12.4. The van der Waals surface area contributed by atoms with E-state index in [2.05, 4.69) is 30.9 Å². The molecule has 0 aliphatic rings. The highest BCUT2D eigenvalue weighted by Gasteiger charge is 2.21. The van der Waals surface area contributed by atoms with Gasteiger partial charge in [-0.3, -0.25) is 15.1 Å². The molecule has 2 aromatic carbocycles. The molecule has 10 nitrogen and oxygen atoms in total. The SMILES string of the molecule is C[C@@H](OC(=O)Nc1c(-c2ccc(C(=O)Nc3ccc(-c4ccccc4)cc3)cn2)nnn1C)c1cc(F)cnc1F. The van der Waals surface area contributed by atoms with Crippen molar-refractivity contribution in [2.45, 2.75) is 13.0 Å². The summed E-state index contributed by atoms with van der Waals surface area (Å²) in [4.78, 5) is 32.9. The largest absolute Gasteiger partial charge is 0.441 e. The van der Waals surface area contributed by atoms with Crippen LogP contribution in [0.25, 0.3) is 22.5 Å². The third-order valence-electron chi connectivity index (χ3n) is 6.12. The third kappa shape index (κ3) is 6.22. The van der Waals surface area contributed by atoms with Gasteiger partial charge >= 0.3 is 6.09 Å². The summed E-state index contributed by atoms with van der Waals surface area (Å²) in [6, 6.07) is 21.4. The van der Waals surface area contributed by atoms with Gasteiger partial charge in [0, 0.05) is 18.9 Å². The van der Waals surface area contributed by atoms with Crippen molar-refractivity contribution >= 4 is 23.5 Å². The zero-order chi connectivity index (χ0) is 28.9. The Hall–Kier alpha value is -5.52. The molecule has 0 saturated heterocycles. The van der Waals surface area contributed by atoms with Gasteiger partial charge < -0.3 is 10.1 Å². The molecule has 41 heavy (non-hydrogen) atoms. The predicted molar refractivity (Wildman–Crippen MR) is 147 cm³/mol. The molecule has 3 heterocycles. The second-order valence-corrected chi connectivity index (χ2v) is 8.95. The van der Waals surface area contributed by atoms with Crippen LogP contribution >= 0.6 is 0 Å². The summed E-state index contributed by atoms with van der Waals surface area (Å²) in [7, 11) is 1.54. The third-order valence-corrected chi connectivity index (χ3v) is 6.12. The second kappa shape index (κ2) is 11.7. The van der Waals surface area contributed by atoms with Crippen LogP contribution < -0.4 is 10.6 Å². The Morgan fingerprint density at radius 1 is 0.902 bits per heavy atom. The molecule has 12 heteroatoms. The van der Waals surface area contributed by atoms with Gasteiger partial charge in [-0.2, -0.15) is 4.39 Å². The highest BCUT2D eigenvalue weighted by Crippen LogP contribution is 2.26. The number of carbonyl (C=O) groups is 2. The quantitative estimate of drug-likeness (QED) is 0.244. The Morgan fingerprint density at radius 3 is 2.34 bits per heavy atom. The zero-order valence-corrected chi connectivity index (χ0v) is 21.9. The molecule has 0 spiro atoms. The fourth-order valence-electron chi connectivity index (χ4n) is 3.99. The van der Waals surface area contributed by atoms with Crippen molar-refractivity contribution in [2.75, 3.05) is 10.6 Å². The van der Waals surface area contributed by atoms with Gasteiger partial charge in [0.05, 0.1) is 23.0 Å². The molecule has 0 aliphatic carbocycles. The molecule has 5 aromatic rings. The molecule has 0 bridgehead atoms. The van der Waals surface area contributed by atoms with Gasteiger partial charge in [0.1, 0.15) is 11.9 Å². The first-order valence-electron chi connectivity index (χ1n) is 12.4. The molecule has 0 saturated carbocycles. The Morgan fingerprint density at radius 2 is 1.63 bits per heavy atom. The van der Waals surface area contributed by atoms with Gasteiger partial charge in [-0.25, -0.2) is 18.9 Å². The van der Waals surface area contributed by atoms with E-state index < -0.39 is 24.0 Å². The topological polar surface area (TPSA) is 124 Å². The van der Waals surface area contributed by atoms with Gasteiger partial charge in [0.2, 0.25) is 5.95 Å². The average molecular weight is 556 g/mol. The number of nitrogens with zero attached hydrogens (tertiary/aromatic N) is 5. The van der Waals surface area contributed by atoms with E-state index in [-0.39, 0.29) is 23.0 Å². The lowest BCUT2D eigenvalue weighted by Gasteiger charge is -2.15. The number of rotatable bonds is 7. The van der Waals surface area contributed by atoms with E-state index in [1.165, 1.54) is 24.9 Å². The summed E-state index contributed by atoms with van der Waals surface area (Å²) >= 11 is 0. The average Bonchev–Trinajstić information content (AvgIpc) is 3.34. The highest BCUT2D eigenvalue weighted by atomic mass is 19.1. The maximum atomic E-state index is 13.9. The summed E-state index contributed by atoms with van der Waals surface area (Å²) in [5.74, 6) is -1.93. The number of aromatic nitrogens is 5. The minimum atomic E-state index is -1.13. The van der Waals surface area contributed by atoms with Crippen LogP contribution in [0.2, 0.25) is 0 Å². The molecule has 2 N–H and O–H groups in total. The van der Waals surface area contributed by atoms with Crippen LogP contribution in [0.5, 0.6) is 0 Å². The standard InChI is InChI=1S/C29H23F2N7O3/c1-17(23-14-21(30)16-33-26(23)31)41-29(40)35-27-25(36-37-38(27)2)24-13-10-20(15-32-24)28(39)34-22-11-8-19(9-12-22)18-6-4-3-5-7-18/h3-17H,1-2H3,(H,34,39)(H,35,40)/t17-/m1/s1. The van der Waals surface area contributed by atoms with Crippen LogP contribution in [-0.4, -0.2) is 37.0 Å². The summed E-state index contributed by atoms with van der Waals surface area (Å²) in [6.45, 7) is 1.38. The maximum absolute atomic E-state index is 13.9. The molecule has 1 atom stereocenters. The first-order chi connectivity index (χ1) is 19.8. The number of aryl methyl sites for hydroxylation is 1. The van der Waals surface area contributed by atoms with Crippen LogP contribution in [0.3, 0.4) is 0 Å². The Kier molecular flexibility index (Phi) is 7.72. The molecule has 0 unspecified atom stereocenters. The van der Waals surface area contributed by atoms with Crippen molar-refractivity contribution < 1.29 is 23.1 Å². The van der Waals surface area contributed by atoms with Gasteiger partial charge in [-0.15, -0.1) is 5.10 Å². The van der Waals surface area contributed by atoms with Crippen LogP contribution in [0, 0.1) is 11.8 Å². The van der Waals surface area contributed by atoms with Gasteiger partial charge in [-0.1, -0.05) is 47.7 Å². The fourth-order valence-corrected chi connectivity index (χ4v) is 3.99. The molecule has 2 amide bonds. The molecule has 0 aliphatic heterocycles. The number of nitrogens with one attached hydrogen (secondary N) is 2. The van der Waals surface area contributed by atoms with Gasteiger partial charge in [-0.05, 0) is 48.4 Å². The van der Waals surface area contributed by atoms with E-state index in [0.29, 0.717) is 16.9 Å². The molecule has 0 radical (unpaired) electrons. The second-order valence-electron chi connectivity index (χ2n) is 8.95. The summed E-state index contributed by atoms with van der Waals surface area (Å²) in [5.41, 5.74) is 3.35. The smallest absolute Gasteiger partial charge is 0.413 e. The molecule has 0 fully saturated rings. The number of anilines is 2. The zero-order valence-electron chi connectivity index (χ0n) is 21.9. The first kappa shape index (κ1) is 27.1. The monoisotopic (exact) mass is 555 g/mol. The minimum Gasteiger partial charge on any atom is -0.441 e. The number of halogens is 2. The lowest BCUT2D eigenvalue weighted by atomic mass is 10.1. The van der Waals surface area contributed by atoms with Crippen LogP contribution in [0.1, 0.15) is 28.9 Å². The summed E-state index contributed by atoms with van der Waals surface area (Å²) in [5, 5.41) is 13.3. The number of carbonyl (C=O) groups excluding carboxylic acids is 2. The number of benzene rings is 2. The molecular formula is C29H23F2N7O3. The van der Waals surface area contributed by atoms with Crippen LogP contribution in [-0.2, 0) is 11.8 Å². The molecule has 3 aromatic heterocycles. The molecule has 206 valence electrons. The van der Waals surface area contributed by atoms with Crippen molar-refractivity contribution in [2.24, 2.45) is 7.05 Å². The number of pyridine rings is 2. The molecular weight excluding hydrogens is 532 g/mol. The summed E-state index contributed by atoms with van der Waals surface area (Å²) in [6.07, 6.45) is 0.0155. The van der Waals surface area contributed by atoms with Crippen molar-refractivity contribution in [3.05, 3.63) is 108 Å². The minimum absolute atomic E-state index is 0.142. The van der Waals surface area contributed by atoms with Gasteiger partial charge in [0.25, 0.3) is 5.91 Å². The highest BCUT2D eigenvalue weighted by molar-refractivity contribution is 6.04. The lowest BCUT2D eigenvalue weighted by Crippen LogP contribution is -2.19. The van der Waals surface area contributed by atoms with Crippen molar-refractivity contribution in [3.8, 4) is 22.5 Å². The molecule has 5 rings (SSSR count). The van der Waals surface area contributed by atoms with E-state index in [1.807, 2.05) is 54.6 Å². The summed E-state index contributed by atoms with van der Waals surface area (Å²) < 4.78 is 33.9. The van der Waals surface area contributed by atoms with Crippen molar-refractivity contribution in [3.63, 3.8) is 0 Å². The van der Waals surface area contributed by atoms with Crippen LogP contribution in [0.15, 0.2) is 85.2 Å². The number of amides is 2. The maximum Gasteiger partial charge on any atom is 0.413 e. The normalized spacial score (nSPS) is 11.5. The van der Waals surface area contributed by atoms with Crippen molar-refractivity contribution in [1.29, 1.82) is 0 Å².